The summed E-state index contributed by atoms with van der Waals surface area (Å²) in [6.07, 6.45) is 6.84. The van der Waals surface area contributed by atoms with Crippen LogP contribution >= 0.6 is 0 Å². The Morgan fingerprint density at radius 3 is 2.72 bits per heavy atom. The summed E-state index contributed by atoms with van der Waals surface area (Å²) < 4.78 is 8.95. The van der Waals surface area contributed by atoms with Crippen LogP contribution in [0.2, 0.25) is 0 Å². The second-order valence-electron chi connectivity index (χ2n) is 8.90. The molecule has 3 aromatic heterocycles. The Morgan fingerprint density at radius 1 is 1.28 bits per heavy atom. The molecule has 9 heteroatoms. The number of amides is 1. The molecule has 0 radical (unpaired) electrons. The van der Waals surface area contributed by atoms with Crippen molar-refractivity contribution in [2.75, 3.05) is 37.0 Å². The normalized spacial score (nSPS) is 16.8. The third-order valence-corrected chi connectivity index (χ3v) is 6.49. The molecule has 2 fully saturated rings. The number of nitrogens with one attached hydrogen (secondary N) is 1. The summed E-state index contributed by atoms with van der Waals surface area (Å²) >= 11 is 0. The van der Waals surface area contributed by atoms with Crippen molar-refractivity contribution in [3.8, 4) is 11.3 Å². The van der Waals surface area contributed by atoms with Gasteiger partial charge in [-0.3, -0.25) is 9.59 Å². The van der Waals surface area contributed by atoms with Crippen molar-refractivity contribution in [1.29, 1.82) is 0 Å². The van der Waals surface area contributed by atoms with Gasteiger partial charge in [0, 0.05) is 57.2 Å². The third-order valence-electron chi connectivity index (χ3n) is 6.49. The maximum Gasteiger partial charge on any atom is 0.290 e. The Bertz CT molecular complexity index is 1240. The van der Waals surface area contributed by atoms with Crippen LogP contribution in [0.3, 0.4) is 0 Å². The van der Waals surface area contributed by atoms with Crippen molar-refractivity contribution in [2.24, 2.45) is 13.0 Å². The van der Waals surface area contributed by atoms with E-state index < -0.39 is 0 Å². The highest BCUT2D eigenvalue weighted by molar-refractivity contribution is 5.98. The molecule has 0 spiro atoms. The lowest BCUT2D eigenvalue weighted by Crippen LogP contribution is -2.51. The van der Waals surface area contributed by atoms with Crippen LogP contribution < -0.4 is 15.8 Å². The van der Waals surface area contributed by atoms with Gasteiger partial charge in [-0.2, -0.15) is 5.10 Å². The maximum atomic E-state index is 13.3. The first-order valence-corrected chi connectivity index (χ1v) is 11.1. The van der Waals surface area contributed by atoms with Crippen molar-refractivity contribution in [2.45, 2.75) is 32.2 Å². The first-order chi connectivity index (χ1) is 15.4. The lowest BCUT2D eigenvalue weighted by molar-refractivity contribution is -0.114. The fourth-order valence-electron chi connectivity index (χ4n) is 4.57. The number of aryl methyl sites for hydroxylation is 1. The van der Waals surface area contributed by atoms with Gasteiger partial charge in [0.05, 0.1) is 30.1 Å². The van der Waals surface area contributed by atoms with E-state index in [1.165, 1.54) is 6.92 Å². The third kappa shape index (κ3) is 3.56. The standard InChI is InChI=1S/C23H28N6O3/c1-14(30)25-22-7-17-18(12-27(2)21(17)9-24-22)19-8-20(28-10-15(11-28)13-32-3)23(31)29(26-19)16-5-4-6-16/h7-9,12,15-16H,4-6,10-11,13H2,1-3H3,(H,24,25,30). The predicted molar refractivity (Wildman–Crippen MR) is 123 cm³/mol. The summed E-state index contributed by atoms with van der Waals surface area (Å²) in [6, 6.07) is 3.93. The Labute approximate surface area is 186 Å². The molecule has 0 bridgehead atoms. The second kappa shape index (κ2) is 8.05. The number of methoxy groups -OCH3 is 1. The molecule has 1 N–H and O–H groups in total. The average molecular weight is 437 g/mol. The van der Waals surface area contributed by atoms with E-state index in [1.807, 2.05) is 29.9 Å². The first-order valence-electron chi connectivity index (χ1n) is 11.1. The minimum absolute atomic E-state index is 0.0184. The topological polar surface area (TPSA) is 94.3 Å². The molecule has 1 amide bonds. The summed E-state index contributed by atoms with van der Waals surface area (Å²) in [4.78, 5) is 31.3. The smallest absolute Gasteiger partial charge is 0.290 e. The lowest BCUT2D eigenvalue weighted by Gasteiger charge is -2.40. The summed E-state index contributed by atoms with van der Waals surface area (Å²) in [5, 5.41) is 8.49. The number of fused-ring (bicyclic) bond motifs is 1. The molecule has 1 saturated carbocycles. The van der Waals surface area contributed by atoms with Gasteiger partial charge in [0.2, 0.25) is 5.91 Å². The van der Waals surface area contributed by atoms with E-state index in [4.69, 9.17) is 9.84 Å². The molecule has 5 rings (SSSR count). The zero-order valence-electron chi connectivity index (χ0n) is 18.7. The minimum atomic E-state index is -0.170. The molecular formula is C23H28N6O3. The summed E-state index contributed by atoms with van der Waals surface area (Å²) in [5.74, 6) is 0.767. The number of nitrogens with zero attached hydrogens (tertiary/aromatic N) is 5. The Morgan fingerprint density at radius 2 is 2.06 bits per heavy atom. The van der Waals surface area contributed by atoms with Crippen LogP contribution in [0.4, 0.5) is 11.5 Å². The Hall–Kier alpha value is -3.20. The molecule has 32 heavy (non-hydrogen) atoms. The van der Waals surface area contributed by atoms with Crippen LogP contribution in [0.1, 0.15) is 32.2 Å². The zero-order valence-corrected chi connectivity index (χ0v) is 18.7. The van der Waals surface area contributed by atoms with Gasteiger partial charge >= 0.3 is 0 Å². The lowest BCUT2D eigenvalue weighted by atomic mass is 9.93. The van der Waals surface area contributed by atoms with Crippen molar-refractivity contribution in [3.63, 3.8) is 0 Å². The molecule has 4 heterocycles. The van der Waals surface area contributed by atoms with Gasteiger partial charge in [0.15, 0.2) is 0 Å². The molecule has 2 aliphatic rings. The Balaban J connectivity index is 1.61. The number of carbonyl (C=O) groups is 1. The largest absolute Gasteiger partial charge is 0.384 e. The molecule has 168 valence electrons. The van der Waals surface area contributed by atoms with Gasteiger partial charge in [-0.25, -0.2) is 9.67 Å². The van der Waals surface area contributed by atoms with Crippen molar-refractivity contribution in [3.05, 3.63) is 34.9 Å². The summed E-state index contributed by atoms with van der Waals surface area (Å²) in [5.41, 5.74) is 3.28. The molecular weight excluding hydrogens is 408 g/mol. The van der Waals surface area contributed by atoms with Crippen LogP contribution in [0.25, 0.3) is 22.2 Å². The number of aromatic nitrogens is 4. The summed E-state index contributed by atoms with van der Waals surface area (Å²) in [7, 11) is 3.67. The van der Waals surface area contributed by atoms with E-state index in [2.05, 4.69) is 15.2 Å². The predicted octanol–water partition coefficient (Wildman–Crippen LogP) is 2.56. The number of rotatable bonds is 6. The number of carbonyl (C=O) groups excluding carboxylic acids is 1. The number of ether oxygens (including phenoxy) is 1. The number of hydrogen-bond donors (Lipinski definition) is 1. The molecule has 1 saturated heterocycles. The van der Waals surface area contributed by atoms with Crippen LogP contribution in [0.15, 0.2) is 29.3 Å². The fourth-order valence-corrected chi connectivity index (χ4v) is 4.57. The van der Waals surface area contributed by atoms with Crippen LogP contribution in [0.5, 0.6) is 0 Å². The molecule has 3 aromatic rings. The van der Waals surface area contributed by atoms with E-state index in [-0.39, 0.29) is 17.5 Å². The van der Waals surface area contributed by atoms with Gasteiger partial charge in [0.1, 0.15) is 11.5 Å². The number of anilines is 2. The van der Waals surface area contributed by atoms with E-state index in [0.29, 0.717) is 24.0 Å². The van der Waals surface area contributed by atoms with Gasteiger partial charge in [-0.15, -0.1) is 0 Å². The quantitative estimate of drug-likeness (QED) is 0.638. The highest BCUT2D eigenvalue weighted by Gasteiger charge is 2.31. The fraction of sp³-hybridized carbons (Fsp3) is 0.478. The van der Waals surface area contributed by atoms with E-state index in [1.54, 1.807) is 18.0 Å². The molecule has 1 aliphatic heterocycles. The van der Waals surface area contributed by atoms with Gasteiger partial charge < -0.3 is 19.5 Å². The van der Waals surface area contributed by atoms with Crippen molar-refractivity contribution < 1.29 is 9.53 Å². The van der Waals surface area contributed by atoms with Crippen molar-refractivity contribution in [1.82, 2.24) is 19.3 Å². The number of pyridine rings is 1. The SMILES string of the molecule is COCC1CN(c2cc(-c3cn(C)c4cnc(NC(C)=O)cc34)nn(C3CCC3)c2=O)C1. The van der Waals surface area contributed by atoms with Gasteiger partial charge in [-0.05, 0) is 31.4 Å². The van der Waals surface area contributed by atoms with Crippen LogP contribution in [-0.4, -0.2) is 52.0 Å². The Kier molecular flexibility index (Phi) is 5.21. The minimum Gasteiger partial charge on any atom is -0.384 e. The van der Waals surface area contributed by atoms with Crippen LogP contribution in [0, 0.1) is 5.92 Å². The van der Waals surface area contributed by atoms with E-state index in [9.17, 15) is 9.59 Å². The van der Waals surface area contributed by atoms with Crippen LogP contribution in [-0.2, 0) is 16.6 Å². The monoisotopic (exact) mass is 436 g/mol. The zero-order chi connectivity index (χ0) is 22.4. The highest BCUT2D eigenvalue weighted by Crippen LogP contribution is 2.35. The maximum absolute atomic E-state index is 13.3. The van der Waals surface area contributed by atoms with E-state index >= 15 is 0 Å². The molecule has 0 aromatic carbocycles. The van der Waals surface area contributed by atoms with Crippen molar-refractivity contribution >= 4 is 28.3 Å². The first kappa shape index (κ1) is 20.7. The second-order valence-corrected chi connectivity index (χ2v) is 8.90. The summed E-state index contributed by atoms with van der Waals surface area (Å²) in [6.45, 7) is 3.78. The average Bonchev–Trinajstić information content (AvgIpc) is 3.00. The molecule has 0 unspecified atom stereocenters. The number of hydrogen-bond acceptors (Lipinski definition) is 6. The molecule has 0 atom stereocenters. The van der Waals surface area contributed by atoms with Gasteiger partial charge in [0.25, 0.3) is 5.56 Å². The molecule has 9 nitrogen and oxygen atoms in total. The van der Waals surface area contributed by atoms with Gasteiger partial charge in [-0.1, -0.05) is 0 Å². The highest BCUT2D eigenvalue weighted by atomic mass is 16.5. The van der Waals surface area contributed by atoms with E-state index in [0.717, 1.165) is 54.5 Å². The molecule has 1 aliphatic carbocycles.